The zero-order chi connectivity index (χ0) is 20.6. The number of rotatable bonds is 7. The molecule has 1 saturated heterocycles. The van der Waals surface area contributed by atoms with Crippen LogP contribution in [0.15, 0.2) is 58.1 Å². The van der Waals surface area contributed by atoms with E-state index in [0.717, 1.165) is 50.0 Å². The minimum atomic E-state index is 0.251. The fraction of sp³-hybridized carbons (Fsp3) is 0.409. The van der Waals surface area contributed by atoms with Crippen LogP contribution in [0.4, 0.5) is 0 Å². The van der Waals surface area contributed by atoms with Gasteiger partial charge in [-0.15, -0.1) is 0 Å². The van der Waals surface area contributed by atoms with Gasteiger partial charge in [0.05, 0.1) is 6.26 Å². The number of nitrogens with zero attached hydrogens (tertiary/aromatic N) is 4. The predicted molar refractivity (Wildman–Crippen MR) is 115 cm³/mol. The molecule has 0 amide bonds. The summed E-state index contributed by atoms with van der Waals surface area (Å²) >= 11 is 0. The first kappa shape index (κ1) is 20.0. The van der Waals surface area contributed by atoms with E-state index in [9.17, 15) is 0 Å². The molecule has 3 heterocycles. The number of aliphatic imine (C=N–C) groups is 1. The number of para-hydroxylation sites is 1. The van der Waals surface area contributed by atoms with Crippen molar-refractivity contribution in [2.75, 3.05) is 26.2 Å². The number of hydrogen-bond acceptors (Lipinski definition) is 5. The standard InChI is InChI=1S/C22H28N6O2/c1-2-23-22(24-13-10-20-25-21(27-26-20)19-9-6-16-29-19)28-14-11-18(12-15-28)30-17-7-4-3-5-8-17/h3-9,16,18H,2,10-15H2,1H3,(H,23,24)(H,25,26,27). The SMILES string of the molecule is CCNC(=NCCc1nc(-c2ccco2)n[nH]1)N1CCC(Oc2ccccc2)CC1. The van der Waals surface area contributed by atoms with Gasteiger partial charge in [-0.2, -0.15) is 5.10 Å². The minimum Gasteiger partial charge on any atom is -0.490 e. The molecule has 0 atom stereocenters. The number of likely N-dealkylation sites (tertiary alicyclic amines) is 1. The van der Waals surface area contributed by atoms with Crippen LogP contribution in [0.2, 0.25) is 0 Å². The Balaban J connectivity index is 1.28. The predicted octanol–water partition coefficient (Wildman–Crippen LogP) is 3.12. The molecule has 0 saturated carbocycles. The van der Waals surface area contributed by atoms with E-state index in [-0.39, 0.29) is 6.10 Å². The minimum absolute atomic E-state index is 0.251. The molecule has 0 radical (unpaired) electrons. The van der Waals surface area contributed by atoms with E-state index >= 15 is 0 Å². The molecule has 30 heavy (non-hydrogen) atoms. The summed E-state index contributed by atoms with van der Waals surface area (Å²) in [7, 11) is 0. The third-order valence-corrected chi connectivity index (χ3v) is 5.01. The highest BCUT2D eigenvalue weighted by Crippen LogP contribution is 2.19. The second-order valence-electron chi connectivity index (χ2n) is 7.19. The molecule has 4 rings (SSSR count). The molecule has 1 aliphatic heterocycles. The van der Waals surface area contributed by atoms with Crippen LogP contribution in [-0.4, -0.2) is 58.3 Å². The lowest BCUT2D eigenvalue weighted by molar-refractivity contribution is 0.129. The van der Waals surface area contributed by atoms with E-state index < -0.39 is 0 Å². The van der Waals surface area contributed by atoms with Crippen LogP contribution in [0.5, 0.6) is 5.75 Å². The van der Waals surface area contributed by atoms with Gasteiger partial charge in [-0.1, -0.05) is 18.2 Å². The summed E-state index contributed by atoms with van der Waals surface area (Å²) in [6.07, 6.45) is 4.52. The molecule has 0 aliphatic carbocycles. The Bertz CT molecular complexity index is 914. The first-order valence-electron chi connectivity index (χ1n) is 10.5. The molecular weight excluding hydrogens is 380 g/mol. The summed E-state index contributed by atoms with van der Waals surface area (Å²) in [5, 5.41) is 10.6. The number of nitrogens with one attached hydrogen (secondary N) is 2. The first-order chi connectivity index (χ1) is 14.8. The Morgan fingerprint density at radius 3 is 2.80 bits per heavy atom. The second kappa shape index (κ2) is 9.96. The highest BCUT2D eigenvalue weighted by Gasteiger charge is 2.22. The van der Waals surface area contributed by atoms with Gasteiger partial charge in [0.25, 0.3) is 0 Å². The molecule has 8 nitrogen and oxygen atoms in total. The van der Waals surface area contributed by atoms with Crippen LogP contribution in [0.1, 0.15) is 25.6 Å². The first-order valence-corrected chi connectivity index (χ1v) is 10.5. The third-order valence-electron chi connectivity index (χ3n) is 5.01. The van der Waals surface area contributed by atoms with Gasteiger partial charge in [-0.3, -0.25) is 10.1 Å². The maximum absolute atomic E-state index is 6.10. The Morgan fingerprint density at radius 1 is 1.23 bits per heavy atom. The monoisotopic (exact) mass is 408 g/mol. The lowest BCUT2D eigenvalue weighted by Crippen LogP contribution is -2.47. The lowest BCUT2D eigenvalue weighted by Gasteiger charge is -2.34. The topological polar surface area (TPSA) is 91.6 Å². The molecule has 2 aromatic heterocycles. The number of ether oxygens (including phenoxy) is 1. The maximum Gasteiger partial charge on any atom is 0.216 e. The molecule has 3 aromatic rings. The van der Waals surface area contributed by atoms with Gasteiger partial charge < -0.3 is 19.4 Å². The van der Waals surface area contributed by atoms with Crippen molar-refractivity contribution in [3.63, 3.8) is 0 Å². The van der Waals surface area contributed by atoms with E-state index in [1.807, 2.05) is 42.5 Å². The highest BCUT2D eigenvalue weighted by molar-refractivity contribution is 5.80. The van der Waals surface area contributed by atoms with Crippen molar-refractivity contribution < 1.29 is 9.15 Å². The fourth-order valence-electron chi connectivity index (χ4n) is 3.49. The fourth-order valence-corrected chi connectivity index (χ4v) is 3.49. The zero-order valence-corrected chi connectivity index (χ0v) is 17.3. The number of piperidine rings is 1. The van der Waals surface area contributed by atoms with Gasteiger partial charge in [-0.05, 0) is 31.2 Å². The van der Waals surface area contributed by atoms with Gasteiger partial charge >= 0.3 is 0 Å². The van der Waals surface area contributed by atoms with E-state index in [2.05, 4.69) is 32.3 Å². The van der Waals surface area contributed by atoms with Crippen molar-refractivity contribution >= 4 is 5.96 Å². The van der Waals surface area contributed by atoms with Crippen molar-refractivity contribution in [1.82, 2.24) is 25.4 Å². The normalized spacial score (nSPS) is 15.4. The number of furan rings is 1. The van der Waals surface area contributed by atoms with Gasteiger partial charge in [0.2, 0.25) is 5.82 Å². The van der Waals surface area contributed by atoms with Crippen LogP contribution in [0.3, 0.4) is 0 Å². The summed E-state index contributed by atoms with van der Waals surface area (Å²) in [4.78, 5) is 11.6. The van der Waals surface area contributed by atoms with Gasteiger partial charge in [0.1, 0.15) is 17.7 Å². The molecule has 0 spiro atoms. The number of aromatic nitrogens is 3. The second-order valence-corrected chi connectivity index (χ2v) is 7.19. The Morgan fingerprint density at radius 2 is 2.07 bits per heavy atom. The van der Waals surface area contributed by atoms with Gasteiger partial charge in [-0.25, -0.2) is 4.98 Å². The van der Waals surface area contributed by atoms with E-state index in [1.54, 1.807) is 6.26 Å². The molecule has 0 unspecified atom stereocenters. The molecule has 2 N–H and O–H groups in total. The largest absolute Gasteiger partial charge is 0.490 e. The Hall–Kier alpha value is -3.29. The van der Waals surface area contributed by atoms with Crippen LogP contribution in [0.25, 0.3) is 11.6 Å². The van der Waals surface area contributed by atoms with Gasteiger partial charge in [0, 0.05) is 45.4 Å². The third kappa shape index (κ3) is 5.20. The Labute approximate surface area is 176 Å². The van der Waals surface area contributed by atoms with E-state index in [1.165, 1.54) is 0 Å². The number of guanidine groups is 1. The average molecular weight is 409 g/mol. The van der Waals surface area contributed by atoms with Crippen LogP contribution < -0.4 is 10.1 Å². The van der Waals surface area contributed by atoms with Crippen molar-refractivity contribution in [3.8, 4) is 17.3 Å². The highest BCUT2D eigenvalue weighted by atomic mass is 16.5. The van der Waals surface area contributed by atoms with Crippen molar-refractivity contribution in [1.29, 1.82) is 0 Å². The number of H-pyrrole nitrogens is 1. The number of benzene rings is 1. The summed E-state index contributed by atoms with van der Waals surface area (Å²) in [6.45, 7) is 5.41. The molecule has 1 aliphatic rings. The smallest absolute Gasteiger partial charge is 0.216 e. The average Bonchev–Trinajstić information content (AvgIpc) is 3.47. The molecule has 0 bridgehead atoms. The van der Waals surface area contributed by atoms with Crippen molar-refractivity contribution in [2.24, 2.45) is 4.99 Å². The number of aromatic amines is 1. The molecule has 1 fully saturated rings. The number of hydrogen-bond donors (Lipinski definition) is 2. The van der Waals surface area contributed by atoms with Gasteiger partial charge in [0.15, 0.2) is 11.7 Å². The lowest BCUT2D eigenvalue weighted by atomic mass is 10.1. The molecule has 158 valence electrons. The van der Waals surface area contributed by atoms with Crippen molar-refractivity contribution in [3.05, 3.63) is 54.6 Å². The van der Waals surface area contributed by atoms with Crippen molar-refractivity contribution in [2.45, 2.75) is 32.3 Å². The van der Waals surface area contributed by atoms with Crippen LogP contribution >= 0.6 is 0 Å². The summed E-state index contributed by atoms with van der Waals surface area (Å²) < 4.78 is 11.4. The maximum atomic E-state index is 6.10. The Kier molecular flexibility index (Phi) is 6.64. The van der Waals surface area contributed by atoms with E-state index in [0.29, 0.717) is 24.6 Å². The summed E-state index contributed by atoms with van der Waals surface area (Å²) in [6, 6.07) is 13.7. The summed E-state index contributed by atoms with van der Waals surface area (Å²) in [5.74, 6) is 3.93. The summed E-state index contributed by atoms with van der Waals surface area (Å²) in [5.41, 5.74) is 0. The van der Waals surface area contributed by atoms with E-state index in [4.69, 9.17) is 14.1 Å². The quantitative estimate of drug-likeness (QED) is 0.461. The molecule has 8 heteroatoms. The van der Waals surface area contributed by atoms with Crippen LogP contribution in [0, 0.1) is 0 Å². The molecule has 1 aromatic carbocycles. The van der Waals surface area contributed by atoms with Crippen LogP contribution in [-0.2, 0) is 6.42 Å². The molecular formula is C22H28N6O2. The zero-order valence-electron chi connectivity index (χ0n) is 17.3.